The molecule has 130 valence electrons. The molecule has 2 aromatic heterocycles. The van der Waals surface area contributed by atoms with Crippen molar-refractivity contribution in [3.63, 3.8) is 0 Å². The molecule has 0 aliphatic rings. The lowest BCUT2D eigenvalue weighted by atomic mass is 10.1. The fourth-order valence-electron chi connectivity index (χ4n) is 2.79. The van der Waals surface area contributed by atoms with E-state index in [-0.39, 0.29) is 24.6 Å². The molecule has 3 N–H and O–H groups in total. The smallest absolute Gasteiger partial charge is 0.240 e. The summed E-state index contributed by atoms with van der Waals surface area (Å²) in [5.74, 6) is 0. The maximum absolute atomic E-state index is 12.6. The predicted octanol–water partition coefficient (Wildman–Crippen LogP) is 3.49. The molecule has 4 nitrogen and oxygen atoms in total. The van der Waals surface area contributed by atoms with Crippen LogP contribution in [0.25, 0.3) is 22.2 Å². The molecule has 7 heteroatoms. The number of benzene rings is 1. The van der Waals surface area contributed by atoms with E-state index in [4.69, 9.17) is 18.0 Å². The second-order valence-electron chi connectivity index (χ2n) is 5.72. The fraction of sp³-hybridized carbons (Fsp3) is 0.222. The van der Waals surface area contributed by atoms with E-state index in [0.29, 0.717) is 11.3 Å². The highest BCUT2D eigenvalue weighted by Gasteiger charge is 2.14. The first-order valence-corrected chi connectivity index (χ1v) is 8.17. The molecule has 0 saturated heterocycles. The summed E-state index contributed by atoms with van der Waals surface area (Å²) in [6.45, 7) is 0.0680. The van der Waals surface area contributed by atoms with E-state index in [1.54, 1.807) is 35.2 Å². The van der Waals surface area contributed by atoms with Crippen molar-refractivity contribution in [2.75, 3.05) is 0 Å². The number of hydrogen-bond donors (Lipinski definition) is 2. The van der Waals surface area contributed by atoms with Gasteiger partial charge in [0.2, 0.25) is 6.43 Å². The van der Waals surface area contributed by atoms with Crippen LogP contribution in [0, 0.1) is 0 Å². The number of thiocarbonyl (C=S) groups is 1. The van der Waals surface area contributed by atoms with Gasteiger partial charge in [0.05, 0.1) is 12.3 Å². The molecule has 1 aromatic carbocycles. The van der Waals surface area contributed by atoms with Gasteiger partial charge in [-0.1, -0.05) is 24.4 Å². The summed E-state index contributed by atoms with van der Waals surface area (Å²) in [4.78, 5) is 4.64. The highest BCUT2D eigenvalue weighted by atomic mass is 32.1. The average molecular weight is 361 g/mol. The Morgan fingerprint density at radius 2 is 2.08 bits per heavy atom. The number of nitrogens with two attached hydrogens (primary N) is 1. The zero-order chi connectivity index (χ0) is 18.0. The number of aliphatic hydroxyl groups excluding tert-OH is 1. The van der Waals surface area contributed by atoms with Crippen LogP contribution in [-0.4, -0.2) is 26.1 Å². The van der Waals surface area contributed by atoms with E-state index >= 15 is 0 Å². The molecule has 0 spiro atoms. The Balaban J connectivity index is 2.14. The summed E-state index contributed by atoms with van der Waals surface area (Å²) in [5, 5.41) is 10.2. The van der Waals surface area contributed by atoms with E-state index in [0.717, 1.165) is 22.0 Å². The van der Waals surface area contributed by atoms with Crippen molar-refractivity contribution in [3.05, 3.63) is 53.9 Å². The number of fused-ring (bicyclic) bond motifs is 1. The van der Waals surface area contributed by atoms with Crippen molar-refractivity contribution in [3.8, 4) is 11.3 Å². The molecule has 0 radical (unpaired) electrons. The zero-order valence-electron chi connectivity index (χ0n) is 13.3. The maximum atomic E-state index is 12.6. The lowest BCUT2D eigenvalue weighted by Crippen LogP contribution is -2.09. The van der Waals surface area contributed by atoms with Gasteiger partial charge in [-0.15, -0.1) is 0 Å². The minimum Gasteiger partial charge on any atom is -0.392 e. The van der Waals surface area contributed by atoms with Crippen molar-refractivity contribution in [1.29, 1.82) is 0 Å². The summed E-state index contributed by atoms with van der Waals surface area (Å²) >= 11 is 5.01. The van der Waals surface area contributed by atoms with Crippen LogP contribution in [0.3, 0.4) is 0 Å². The summed E-state index contributed by atoms with van der Waals surface area (Å²) in [6.07, 6.45) is 0.805. The number of alkyl halides is 2. The highest BCUT2D eigenvalue weighted by molar-refractivity contribution is 7.80. The third-order valence-electron chi connectivity index (χ3n) is 4.04. The molecule has 0 unspecified atom stereocenters. The Morgan fingerprint density at radius 3 is 2.76 bits per heavy atom. The molecule has 0 bridgehead atoms. The molecule has 0 aliphatic carbocycles. The number of aryl methyl sites for hydroxylation is 1. The van der Waals surface area contributed by atoms with Gasteiger partial charge in [-0.2, -0.15) is 0 Å². The summed E-state index contributed by atoms with van der Waals surface area (Å²) < 4.78 is 27.1. The Labute approximate surface area is 148 Å². The lowest BCUT2D eigenvalue weighted by Gasteiger charge is -2.05. The number of nitrogens with zero attached hydrogens (tertiary/aromatic N) is 2. The van der Waals surface area contributed by atoms with Gasteiger partial charge in [-0.05, 0) is 23.8 Å². The molecule has 25 heavy (non-hydrogen) atoms. The fourth-order valence-corrected chi connectivity index (χ4v) is 2.92. The molecule has 2 heterocycles. The number of rotatable bonds is 6. The van der Waals surface area contributed by atoms with Gasteiger partial charge in [-0.3, -0.25) is 4.98 Å². The Morgan fingerprint density at radius 1 is 1.28 bits per heavy atom. The van der Waals surface area contributed by atoms with Gasteiger partial charge in [0, 0.05) is 47.4 Å². The molecule has 0 saturated carbocycles. The van der Waals surface area contributed by atoms with Gasteiger partial charge in [0.1, 0.15) is 4.99 Å². The molecule has 3 rings (SSSR count). The van der Waals surface area contributed by atoms with E-state index in [9.17, 15) is 13.9 Å². The average Bonchev–Trinajstić information content (AvgIpc) is 2.97. The van der Waals surface area contributed by atoms with Crippen LogP contribution < -0.4 is 5.73 Å². The van der Waals surface area contributed by atoms with Crippen molar-refractivity contribution in [2.24, 2.45) is 5.73 Å². The number of hydrogen-bond acceptors (Lipinski definition) is 3. The van der Waals surface area contributed by atoms with Crippen molar-refractivity contribution < 1.29 is 13.9 Å². The summed E-state index contributed by atoms with van der Waals surface area (Å²) in [5.41, 5.74) is 9.37. The minimum atomic E-state index is -2.38. The van der Waals surface area contributed by atoms with Crippen molar-refractivity contribution in [1.82, 2.24) is 9.55 Å². The molecular weight excluding hydrogens is 344 g/mol. The third kappa shape index (κ3) is 3.67. The monoisotopic (exact) mass is 361 g/mol. The highest BCUT2D eigenvalue weighted by Crippen LogP contribution is 2.31. The number of aromatic nitrogens is 2. The Hall–Kier alpha value is -2.38. The van der Waals surface area contributed by atoms with Gasteiger partial charge < -0.3 is 15.4 Å². The molecule has 0 amide bonds. The first kappa shape index (κ1) is 17.4. The molecule has 0 atom stereocenters. The second kappa shape index (κ2) is 7.25. The van der Waals surface area contributed by atoms with E-state index in [1.807, 2.05) is 12.1 Å². The number of halogens is 2. The topological polar surface area (TPSA) is 64.1 Å². The van der Waals surface area contributed by atoms with Crippen molar-refractivity contribution in [2.45, 2.75) is 26.0 Å². The van der Waals surface area contributed by atoms with Crippen LogP contribution in [0.5, 0.6) is 0 Å². The quantitative estimate of drug-likeness (QED) is 0.660. The Bertz CT molecular complexity index is 924. The minimum absolute atomic E-state index is 0.111. The van der Waals surface area contributed by atoms with Gasteiger partial charge in [0.15, 0.2) is 0 Å². The zero-order valence-corrected chi connectivity index (χ0v) is 14.1. The SMILES string of the molecule is NC(=S)c1ccnc(-c2cn(CCC(F)F)c3cc(CO)ccc23)c1. The maximum Gasteiger partial charge on any atom is 0.240 e. The second-order valence-corrected chi connectivity index (χ2v) is 6.16. The number of pyridine rings is 1. The molecule has 0 fully saturated rings. The third-order valence-corrected chi connectivity index (χ3v) is 4.27. The lowest BCUT2D eigenvalue weighted by molar-refractivity contribution is 0.132. The Kier molecular flexibility index (Phi) is 5.06. The van der Waals surface area contributed by atoms with E-state index < -0.39 is 6.43 Å². The normalized spacial score (nSPS) is 11.4. The van der Waals surface area contributed by atoms with E-state index in [2.05, 4.69) is 4.98 Å². The van der Waals surface area contributed by atoms with Crippen LogP contribution in [-0.2, 0) is 13.2 Å². The first-order valence-electron chi connectivity index (χ1n) is 7.76. The van der Waals surface area contributed by atoms with Gasteiger partial charge in [0.25, 0.3) is 0 Å². The largest absolute Gasteiger partial charge is 0.392 e. The summed E-state index contributed by atoms with van der Waals surface area (Å²) in [7, 11) is 0. The van der Waals surface area contributed by atoms with Crippen molar-refractivity contribution >= 4 is 28.1 Å². The van der Waals surface area contributed by atoms with Crippen LogP contribution >= 0.6 is 12.2 Å². The van der Waals surface area contributed by atoms with Gasteiger partial charge >= 0.3 is 0 Å². The number of aliphatic hydroxyl groups is 1. The van der Waals surface area contributed by atoms with E-state index in [1.165, 1.54) is 0 Å². The van der Waals surface area contributed by atoms with Gasteiger partial charge in [-0.25, -0.2) is 8.78 Å². The summed E-state index contributed by atoms with van der Waals surface area (Å²) in [6, 6.07) is 8.99. The molecular formula is C18H17F2N3OS. The van der Waals surface area contributed by atoms with Crippen LogP contribution in [0.4, 0.5) is 8.78 Å². The van der Waals surface area contributed by atoms with Crippen LogP contribution in [0.15, 0.2) is 42.7 Å². The molecule has 3 aromatic rings. The molecule has 0 aliphatic heterocycles. The predicted molar refractivity (Wildman–Crippen MR) is 97.6 cm³/mol. The van der Waals surface area contributed by atoms with Crippen LogP contribution in [0.1, 0.15) is 17.5 Å². The first-order chi connectivity index (χ1) is 12.0. The van der Waals surface area contributed by atoms with Crippen LogP contribution in [0.2, 0.25) is 0 Å². The standard InChI is InChI=1S/C18H17F2N3OS/c19-17(20)4-6-23-9-14(13-2-1-11(10-24)7-16(13)23)15-8-12(18(21)25)3-5-22-15/h1-3,5,7-9,17,24H,4,6,10H2,(H2,21,25).